The van der Waals surface area contributed by atoms with Gasteiger partial charge in [0.05, 0.1) is 28.2 Å². The van der Waals surface area contributed by atoms with Crippen LogP contribution in [0.4, 0.5) is 0 Å². The van der Waals surface area contributed by atoms with E-state index >= 15 is 0 Å². The summed E-state index contributed by atoms with van der Waals surface area (Å²) in [5, 5.41) is 1.97. The molecular formula is C17H12Cl2N2O2. The van der Waals surface area contributed by atoms with Gasteiger partial charge in [0.25, 0.3) is 0 Å². The third-order valence-corrected chi connectivity index (χ3v) is 3.88. The molecule has 4 nitrogen and oxygen atoms in total. The van der Waals surface area contributed by atoms with E-state index in [0.717, 1.165) is 16.6 Å². The summed E-state index contributed by atoms with van der Waals surface area (Å²) in [6.45, 7) is 0. The van der Waals surface area contributed by atoms with Crippen molar-refractivity contribution < 1.29 is 9.53 Å². The van der Waals surface area contributed by atoms with Crippen molar-refractivity contribution in [3.05, 3.63) is 69.6 Å². The number of pyridine rings is 2. The van der Waals surface area contributed by atoms with E-state index in [0.29, 0.717) is 27.5 Å². The number of carbonyl (C=O) groups excluding carboxylic acids is 1. The SMILES string of the molecule is COC(=O)c1ccnc(Cc2cc(Cl)c3ncc(Cl)cc3c2)c1. The molecule has 0 fully saturated rings. The van der Waals surface area contributed by atoms with E-state index in [2.05, 4.69) is 9.97 Å². The van der Waals surface area contributed by atoms with Crippen LogP contribution in [0.2, 0.25) is 10.0 Å². The highest BCUT2D eigenvalue weighted by atomic mass is 35.5. The highest BCUT2D eigenvalue weighted by Gasteiger charge is 2.09. The van der Waals surface area contributed by atoms with Crippen LogP contribution in [0.1, 0.15) is 21.6 Å². The van der Waals surface area contributed by atoms with Gasteiger partial charge in [0.15, 0.2) is 0 Å². The number of ether oxygens (including phenoxy) is 1. The molecule has 0 saturated heterocycles. The zero-order valence-electron chi connectivity index (χ0n) is 12.2. The van der Waals surface area contributed by atoms with Crippen LogP contribution in [0.25, 0.3) is 10.9 Å². The van der Waals surface area contributed by atoms with Gasteiger partial charge < -0.3 is 4.74 Å². The molecule has 0 saturated carbocycles. The zero-order valence-corrected chi connectivity index (χ0v) is 13.7. The Hall–Kier alpha value is -2.17. The maximum absolute atomic E-state index is 11.6. The quantitative estimate of drug-likeness (QED) is 0.663. The molecule has 3 aromatic rings. The molecule has 6 heteroatoms. The summed E-state index contributed by atoms with van der Waals surface area (Å²) in [6, 6.07) is 8.95. The molecule has 3 rings (SSSR count). The maximum atomic E-state index is 11.6. The van der Waals surface area contributed by atoms with Crippen LogP contribution in [0.5, 0.6) is 0 Å². The Morgan fingerprint density at radius 3 is 2.78 bits per heavy atom. The topological polar surface area (TPSA) is 52.1 Å². The standard InChI is InChI=1S/C17H12Cl2N2O2/c1-23-17(22)11-2-3-20-14(8-11)5-10-4-12-7-13(18)9-21-16(12)15(19)6-10/h2-4,6-9H,5H2,1H3. The van der Waals surface area contributed by atoms with Crippen LogP contribution in [-0.2, 0) is 11.2 Å². The fourth-order valence-corrected chi connectivity index (χ4v) is 2.83. The van der Waals surface area contributed by atoms with Gasteiger partial charge >= 0.3 is 5.97 Å². The number of methoxy groups -OCH3 is 1. The second-order valence-corrected chi connectivity index (χ2v) is 5.85. The van der Waals surface area contributed by atoms with E-state index in [9.17, 15) is 4.79 Å². The van der Waals surface area contributed by atoms with Crippen LogP contribution in [-0.4, -0.2) is 23.0 Å². The number of benzene rings is 1. The minimum atomic E-state index is -0.388. The van der Waals surface area contributed by atoms with Gasteiger partial charge in [-0.2, -0.15) is 0 Å². The minimum absolute atomic E-state index is 0.388. The molecule has 0 atom stereocenters. The van der Waals surface area contributed by atoms with Gasteiger partial charge in [0.2, 0.25) is 0 Å². The number of hydrogen-bond donors (Lipinski definition) is 0. The van der Waals surface area contributed by atoms with Crippen molar-refractivity contribution in [3.8, 4) is 0 Å². The summed E-state index contributed by atoms with van der Waals surface area (Å²) in [6.07, 6.45) is 3.69. The van der Waals surface area contributed by atoms with Crippen molar-refractivity contribution in [2.24, 2.45) is 0 Å². The smallest absolute Gasteiger partial charge is 0.337 e. The summed E-state index contributed by atoms with van der Waals surface area (Å²) in [5.74, 6) is -0.388. The van der Waals surface area contributed by atoms with Crippen LogP contribution >= 0.6 is 23.2 Å². The molecule has 0 aliphatic heterocycles. The van der Waals surface area contributed by atoms with E-state index < -0.39 is 0 Å². The largest absolute Gasteiger partial charge is 0.465 e. The maximum Gasteiger partial charge on any atom is 0.337 e. The van der Waals surface area contributed by atoms with Crippen LogP contribution in [0.15, 0.2) is 42.7 Å². The average Bonchev–Trinajstić information content (AvgIpc) is 2.54. The van der Waals surface area contributed by atoms with Crippen molar-refractivity contribution in [2.45, 2.75) is 6.42 Å². The number of rotatable bonds is 3. The Morgan fingerprint density at radius 1 is 1.17 bits per heavy atom. The second kappa shape index (κ2) is 6.52. The molecular weight excluding hydrogens is 335 g/mol. The molecule has 1 aromatic carbocycles. The second-order valence-electron chi connectivity index (χ2n) is 5.01. The van der Waals surface area contributed by atoms with Crippen molar-refractivity contribution in [2.75, 3.05) is 7.11 Å². The number of fused-ring (bicyclic) bond motifs is 1. The van der Waals surface area contributed by atoms with Gasteiger partial charge in [-0.15, -0.1) is 0 Å². The lowest BCUT2D eigenvalue weighted by Gasteiger charge is -2.07. The molecule has 0 bridgehead atoms. The molecule has 0 unspecified atom stereocenters. The van der Waals surface area contributed by atoms with E-state index in [1.165, 1.54) is 7.11 Å². The zero-order chi connectivity index (χ0) is 16.4. The molecule has 0 N–H and O–H groups in total. The van der Waals surface area contributed by atoms with Crippen molar-refractivity contribution in [3.63, 3.8) is 0 Å². The fourth-order valence-electron chi connectivity index (χ4n) is 2.37. The lowest BCUT2D eigenvalue weighted by molar-refractivity contribution is 0.0600. The molecule has 116 valence electrons. The summed E-state index contributed by atoms with van der Waals surface area (Å²) in [7, 11) is 1.35. The molecule has 23 heavy (non-hydrogen) atoms. The first kappa shape index (κ1) is 15.7. The van der Waals surface area contributed by atoms with E-state index in [1.807, 2.05) is 18.2 Å². The predicted octanol–water partition coefficient (Wildman–Crippen LogP) is 4.31. The lowest BCUT2D eigenvalue weighted by Crippen LogP contribution is -2.03. The minimum Gasteiger partial charge on any atom is -0.465 e. The molecule has 0 radical (unpaired) electrons. The fraction of sp³-hybridized carbons (Fsp3) is 0.118. The lowest BCUT2D eigenvalue weighted by atomic mass is 10.1. The van der Waals surface area contributed by atoms with Gasteiger partial charge in [0, 0.05) is 29.9 Å². The van der Waals surface area contributed by atoms with E-state index in [4.69, 9.17) is 27.9 Å². The molecule has 0 spiro atoms. The monoisotopic (exact) mass is 346 g/mol. The van der Waals surface area contributed by atoms with Crippen molar-refractivity contribution in [1.82, 2.24) is 9.97 Å². The first-order valence-corrected chi connectivity index (χ1v) is 7.59. The highest BCUT2D eigenvalue weighted by Crippen LogP contribution is 2.26. The Bertz CT molecular complexity index is 897. The number of carbonyl (C=O) groups is 1. The molecule has 0 aliphatic carbocycles. The van der Waals surface area contributed by atoms with Crippen molar-refractivity contribution in [1.29, 1.82) is 0 Å². The van der Waals surface area contributed by atoms with E-state index in [1.54, 1.807) is 24.5 Å². The summed E-state index contributed by atoms with van der Waals surface area (Å²) >= 11 is 12.3. The average molecular weight is 347 g/mol. The number of esters is 1. The van der Waals surface area contributed by atoms with E-state index in [-0.39, 0.29) is 5.97 Å². The molecule has 2 aromatic heterocycles. The number of nitrogens with zero attached hydrogens (tertiary/aromatic N) is 2. The third-order valence-electron chi connectivity index (χ3n) is 3.39. The molecule has 0 amide bonds. The number of hydrogen-bond acceptors (Lipinski definition) is 4. The van der Waals surface area contributed by atoms with Gasteiger partial charge in [-0.1, -0.05) is 23.2 Å². The van der Waals surface area contributed by atoms with Crippen LogP contribution in [0, 0.1) is 0 Å². The van der Waals surface area contributed by atoms with Crippen molar-refractivity contribution >= 4 is 40.1 Å². The summed E-state index contributed by atoms with van der Waals surface area (Å²) in [4.78, 5) is 20.1. The Balaban J connectivity index is 1.97. The Morgan fingerprint density at radius 2 is 2.00 bits per heavy atom. The Labute approximate surface area is 143 Å². The van der Waals surface area contributed by atoms with Gasteiger partial charge in [-0.25, -0.2) is 4.79 Å². The van der Waals surface area contributed by atoms with Crippen LogP contribution in [0.3, 0.4) is 0 Å². The van der Waals surface area contributed by atoms with Gasteiger partial charge in [-0.3, -0.25) is 9.97 Å². The molecule has 0 aliphatic rings. The first-order chi connectivity index (χ1) is 11.1. The normalized spacial score (nSPS) is 10.7. The number of aromatic nitrogens is 2. The third kappa shape index (κ3) is 3.44. The summed E-state index contributed by atoms with van der Waals surface area (Å²) < 4.78 is 4.72. The Kier molecular flexibility index (Phi) is 4.46. The summed E-state index contributed by atoms with van der Waals surface area (Å²) in [5.41, 5.74) is 2.88. The molecule has 2 heterocycles. The van der Waals surface area contributed by atoms with Gasteiger partial charge in [0.1, 0.15) is 0 Å². The number of halogens is 2. The first-order valence-electron chi connectivity index (χ1n) is 6.84. The predicted molar refractivity (Wildman–Crippen MR) is 90.1 cm³/mol. The van der Waals surface area contributed by atoms with Crippen LogP contribution < -0.4 is 0 Å². The van der Waals surface area contributed by atoms with Gasteiger partial charge in [-0.05, 0) is 35.9 Å². The highest BCUT2D eigenvalue weighted by molar-refractivity contribution is 6.35.